The molecule has 0 aliphatic heterocycles. The van der Waals surface area contributed by atoms with Crippen LogP contribution in [0.4, 0.5) is 0 Å². The summed E-state index contributed by atoms with van der Waals surface area (Å²) < 4.78 is 10.7. The Morgan fingerprint density at radius 3 is 2.67 bits per heavy atom. The van der Waals surface area contributed by atoms with Crippen LogP contribution in [-0.4, -0.2) is 25.3 Å². The van der Waals surface area contributed by atoms with Crippen LogP contribution >= 0.6 is 0 Å². The summed E-state index contributed by atoms with van der Waals surface area (Å²) in [5, 5.41) is 4.29. The lowest BCUT2D eigenvalue weighted by Crippen LogP contribution is -2.27. The van der Waals surface area contributed by atoms with E-state index in [4.69, 9.17) is 9.47 Å². The van der Waals surface area contributed by atoms with E-state index in [1.807, 2.05) is 30.3 Å². The molecule has 0 saturated heterocycles. The van der Waals surface area contributed by atoms with Gasteiger partial charge in [0, 0.05) is 5.56 Å². The third-order valence-electron chi connectivity index (χ3n) is 3.93. The number of methoxy groups -OCH3 is 1. The highest BCUT2D eigenvalue weighted by Gasteiger charge is 2.15. The average Bonchev–Trinajstić information content (AvgIpc) is 2.64. The van der Waals surface area contributed by atoms with Crippen LogP contribution in [0.25, 0.3) is 0 Å². The van der Waals surface area contributed by atoms with Gasteiger partial charge in [0.1, 0.15) is 0 Å². The van der Waals surface area contributed by atoms with Gasteiger partial charge in [0.2, 0.25) is 0 Å². The average molecular weight is 324 g/mol. The van der Waals surface area contributed by atoms with Crippen molar-refractivity contribution < 1.29 is 14.3 Å². The summed E-state index contributed by atoms with van der Waals surface area (Å²) >= 11 is 0. The Labute approximate surface area is 141 Å². The van der Waals surface area contributed by atoms with Gasteiger partial charge in [0.05, 0.1) is 12.8 Å². The number of nitrogens with one attached hydrogen (secondary N) is 1. The number of ether oxygens (including phenoxy) is 2. The Kier molecular flexibility index (Phi) is 5.11. The lowest BCUT2D eigenvalue weighted by molar-refractivity contribution is -0.123. The number of benzene rings is 2. The molecule has 0 atom stereocenters. The molecule has 1 amide bonds. The van der Waals surface area contributed by atoms with Crippen LogP contribution in [0.3, 0.4) is 0 Å². The molecule has 5 nitrogen and oxygen atoms in total. The van der Waals surface area contributed by atoms with Gasteiger partial charge in [-0.1, -0.05) is 36.4 Å². The summed E-state index contributed by atoms with van der Waals surface area (Å²) in [6.45, 7) is -0.112. The highest BCUT2D eigenvalue weighted by molar-refractivity contribution is 6.03. The van der Waals surface area contributed by atoms with E-state index in [1.54, 1.807) is 19.2 Å². The van der Waals surface area contributed by atoms with E-state index in [1.165, 1.54) is 5.56 Å². The van der Waals surface area contributed by atoms with E-state index in [0.717, 1.165) is 30.5 Å². The molecule has 0 heterocycles. The first-order valence-corrected chi connectivity index (χ1v) is 7.97. The monoisotopic (exact) mass is 324 g/mol. The van der Waals surface area contributed by atoms with Crippen LogP contribution in [0, 0.1) is 0 Å². The first kappa shape index (κ1) is 16.1. The third-order valence-corrected chi connectivity index (χ3v) is 3.93. The number of para-hydroxylation sites is 2. The molecule has 24 heavy (non-hydrogen) atoms. The van der Waals surface area contributed by atoms with Crippen LogP contribution in [0.15, 0.2) is 53.6 Å². The van der Waals surface area contributed by atoms with E-state index < -0.39 is 0 Å². The Balaban J connectivity index is 1.60. The zero-order valence-corrected chi connectivity index (χ0v) is 13.6. The van der Waals surface area contributed by atoms with Crippen molar-refractivity contribution in [2.24, 2.45) is 5.10 Å². The van der Waals surface area contributed by atoms with Crippen molar-refractivity contribution in [3.05, 3.63) is 59.7 Å². The van der Waals surface area contributed by atoms with E-state index in [-0.39, 0.29) is 12.5 Å². The summed E-state index contributed by atoms with van der Waals surface area (Å²) in [6.07, 6.45) is 2.97. The van der Waals surface area contributed by atoms with Crippen LogP contribution in [0.5, 0.6) is 11.5 Å². The second-order valence-electron chi connectivity index (χ2n) is 5.54. The Bertz CT molecular complexity index is 756. The van der Waals surface area contributed by atoms with Gasteiger partial charge in [-0.3, -0.25) is 4.79 Å². The van der Waals surface area contributed by atoms with E-state index in [0.29, 0.717) is 11.5 Å². The van der Waals surface area contributed by atoms with Crippen molar-refractivity contribution in [3.8, 4) is 11.5 Å². The lowest BCUT2D eigenvalue weighted by atomic mass is 9.90. The first-order chi connectivity index (χ1) is 11.8. The molecular formula is C19H20N2O3. The molecule has 1 N–H and O–H groups in total. The fourth-order valence-electron chi connectivity index (χ4n) is 2.76. The van der Waals surface area contributed by atoms with Gasteiger partial charge in [-0.2, -0.15) is 5.10 Å². The smallest absolute Gasteiger partial charge is 0.277 e. The quantitative estimate of drug-likeness (QED) is 0.860. The summed E-state index contributed by atoms with van der Waals surface area (Å²) in [4.78, 5) is 12.0. The fraction of sp³-hybridized carbons (Fsp3) is 0.263. The molecular weight excluding hydrogens is 304 g/mol. The largest absolute Gasteiger partial charge is 0.493 e. The fourth-order valence-corrected chi connectivity index (χ4v) is 2.76. The number of carbonyl (C=O) groups is 1. The Morgan fingerprint density at radius 1 is 1.08 bits per heavy atom. The van der Waals surface area contributed by atoms with Crippen molar-refractivity contribution in [2.75, 3.05) is 13.7 Å². The minimum atomic E-state index is -0.295. The van der Waals surface area contributed by atoms with Crippen molar-refractivity contribution in [2.45, 2.75) is 19.3 Å². The SMILES string of the molecule is COc1ccccc1OCC(=O)NN=C1CCCc2ccccc21. The number of amides is 1. The molecule has 0 radical (unpaired) electrons. The van der Waals surface area contributed by atoms with Gasteiger partial charge in [0.15, 0.2) is 18.1 Å². The van der Waals surface area contributed by atoms with Crippen molar-refractivity contribution in [1.29, 1.82) is 0 Å². The number of carbonyl (C=O) groups excluding carboxylic acids is 1. The molecule has 2 aromatic carbocycles. The molecule has 124 valence electrons. The molecule has 0 spiro atoms. The van der Waals surface area contributed by atoms with Crippen LogP contribution in [-0.2, 0) is 11.2 Å². The predicted octanol–water partition coefficient (Wildman–Crippen LogP) is 2.93. The predicted molar refractivity (Wildman–Crippen MR) is 92.5 cm³/mol. The number of aryl methyl sites for hydroxylation is 1. The van der Waals surface area contributed by atoms with Crippen LogP contribution in [0.1, 0.15) is 24.0 Å². The van der Waals surface area contributed by atoms with E-state index in [2.05, 4.69) is 16.6 Å². The third kappa shape index (κ3) is 3.74. The molecule has 0 saturated carbocycles. The number of rotatable bonds is 5. The number of hydrazone groups is 1. The van der Waals surface area contributed by atoms with E-state index in [9.17, 15) is 4.79 Å². The maximum Gasteiger partial charge on any atom is 0.277 e. The molecule has 1 aliphatic rings. The topological polar surface area (TPSA) is 59.9 Å². The van der Waals surface area contributed by atoms with Crippen molar-refractivity contribution in [3.63, 3.8) is 0 Å². The Morgan fingerprint density at radius 2 is 1.83 bits per heavy atom. The summed E-state index contributed by atoms with van der Waals surface area (Å²) in [5.74, 6) is 0.833. The maximum absolute atomic E-state index is 12.0. The molecule has 0 fully saturated rings. The number of nitrogens with zero attached hydrogens (tertiary/aromatic N) is 1. The minimum Gasteiger partial charge on any atom is -0.493 e. The molecule has 0 unspecified atom stereocenters. The van der Waals surface area contributed by atoms with Crippen molar-refractivity contribution in [1.82, 2.24) is 5.43 Å². The highest BCUT2D eigenvalue weighted by atomic mass is 16.5. The molecule has 2 aromatic rings. The van der Waals surface area contributed by atoms with Crippen LogP contribution < -0.4 is 14.9 Å². The van der Waals surface area contributed by atoms with Gasteiger partial charge in [-0.15, -0.1) is 0 Å². The summed E-state index contributed by atoms with van der Waals surface area (Å²) in [5.41, 5.74) is 5.90. The number of hydrogen-bond donors (Lipinski definition) is 1. The zero-order valence-electron chi connectivity index (χ0n) is 13.6. The van der Waals surface area contributed by atoms with Crippen molar-refractivity contribution >= 4 is 11.6 Å². The van der Waals surface area contributed by atoms with Gasteiger partial charge in [0.25, 0.3) is 5.91 Å². The Hall–Kier alpha value is -2.82. The highest BCUT2D eigenvalue weighted by Crippen LogP contribution is 2.25. The molecule has 1 aliphatic carbocycles. The normalized spacial score (nSPS) is 14.8. The number of fused-ring (bicyclic) bond motifs is 1. The first-order valence-electron chi connectivity index (χ1n) is 7.97. The molecule has 3 rings (SSSR count). The van der Waals surface area contributed by atoms with Crippen LogP contribution in [0.2, 0.25) is 0 Å². The van der Waals surface area contributed by atoms with Gasteiger partial charge >= 0.3 is 0 Å². The number of hydrogen-bond acceptors (Lipinski definition) is 4. The minimum absolute atomic E-state index is 0.112. The van der Waals surface area contributed by atoms with Gasteiger partial charge < -0.3 is 9.47 Å². The second kappa shape index (κ2) is 7.64. The molecule has 0 aromatic heterocycles. The van der Waals surface area contributed by atoms with Gasteiger partial charge in [-0.25, -0.2) is 5.43 Å². The maximum atomic E-state index is 12.0. The van der Waals surface area contributed by atoms with E-state index >= 15 is 0 Å². The summed E-state index contributed by atoms with van der Waals surface area (Å²) in [6, 6.07) is 15.4. The standard InChI is InChI=1S/C19H20N2O3/c1-23-17-11-4-5-12-18(17)24-13-19(22)21-20-16-10-6-8-14-7-2-3-9-15(14)16/h2-5,7,9,11-12H,6,8,10,13H2,1H3,(H,21,22). The lowest BCUT2D eigenvalue weighted by Gasteiger charge is -2.17. The second-order valence-corrected chi connectivity index (χ2v) is 5.54. The zero-order chi connectivity index (χ0) is 16.8. The summed E-state index contributed by atoms with van der Waals surface area (Å²) in [7, 11) is 1.56. The van der Waals surface area contributed by atoms with Gasteiger partial charge in [-0.05, 0) is 37.0 Å². The molecule has 0 bridgehead atoms. The molecule has 5 heteroatoms.